The molecule has 132 valence electrons. The predicted molar refractivity (Wildman–Crippen MR) is 92.1 cm³/mol. The number of rotatable bonds is 7. The topological polar surface area (TPSA) is 63.7 Å². The maximum absolute atomic E-state index is 12.7. The molecule has 0 N–H and O–H groups in total. The van der Waals surface area contributed by atoms with E-state index < -0.39 is 10.1 Å². The Balaban J connectivity index is 1.66. The molecule has 3 rings (SSSR count). The Morgan fingerprint density at radius 2 is 1.75 bits per heavy atom. The average Bonchev–Trinajstić information content (AvgIpc) is 3.26. The van der Waals surface area contributed by atoms with Crippen molar-refractivity contribution in [3.63, 3.8) is 0 Å². The van der Waals surface area contributed by atoms with Gasteiger partial charge in [0.1, 0.15) is 5.75 Å². The first-order valence-electron chi connectivity index (χ1n) is 8.80. The van der Waals surface area contributed by atoms with Crippen molar-refractivity contribution in [2.24, 2.45) is 5.92 Å². The molecule has 2 aliphatic rings. The molecule has 0 saturated heterocycles. The van der Waals surface area contributed by atoms with Crippen molar-refractivity contribution in [3.05, 3.63) is 29.8 Å². The van der Waals surface area contributed by atoms with E-state index in [9.17, 15) is 13.2 Å². The van der Waals surface area contributed by atoms with Crippen LogP contribution in [0.15, 0.2) is 24.3 Å². The fraction of sp³-hybridized carbons (Fsp3) is 0.611. The average molecular weight is 351 g/mol. The Labute approximate surface area is 144 Å². The van der Waals surface area contributed by atoms with Crippen molar-refractivity contribution in [2.75, 3.05) is 5.75 Å². The summed E-state index contributed by atoms with van der Waals surface area (Å²) in [4.78, 5) is 14.8. The molecule has 24 heavy (non-hydrogen) atoms. The van der Waals surface area contributed by atoms with Crippen LogP contribution < -0.4 is 4.18 Å². The number of hydrogen-bond acceptors (Lipinski definition) is 4. The van der Waals surface area contributed by atoms with Crippen LogP contribution in [0.2, 0.25) is 0 Å². The molecule has 0 radical (unpaired) electrons. The minimum atomic E-state index is -3.50. The third kappa shape index (κ3) is 4.29. The molecule has 2 saturated carbocycles. The van der Waals surface area contributed by atoms with Crippen LogP contribution >= 0.6 is 0 Å². The van der Waals surface area contributed by atoms with Crippen molar-refractivity contribution in [2.45, 2.75) is 58.0 Å². The zero-order valence-corrected chi connectivity index (χ0v) is 14.9. The second kappa shape index (κ2) is 7.13. The van der Waals surface area contributed by atoms with Gasteiger partial charge in [0.15, 0.2) is 0 Å². The van der Waals surface area contributed by atoms with Crippen LogP contribution in [-0.2, 0) is 21.5 Å². The van der Waals surface area contributed by atoms with E-state index in [2.05, 4.69) is 0 Å². The SMILES string of the molecule is CCS(=O)(=O)Oc1ccc(CN(C(=O)C2CCCC2)C2CC2)cc1. The van der Waals surface area contributed by atoms with Crippen molar-refractivity contribution in [1.29, 1.82) is 0 Å². The Morgan fingerprint density at radius 1 is 1.12 bits per heavy atom. The van der Waals surface area contributed by atoms with E-state index in [1.54, 1.807) is 19.1 Å². The van der Waals surface area contributed by atoms with Gasteiger partial charge in [-0.1, -0.05) is 25.0 Å². The smallest absolute Gasteiger partial charge is 0.308 e. The van der Waals surface area contributed by atoms with Gasteiger partial charge in [0.2, 0.25) is 5.91 Å². The quantitative estimate of drug-likeness (QED) is 0.708. The molecular weight excluding hydrogens is 326 g/mol. The molecule has 2 fully saturated rings. The minimum Gasteiger partial charge on any atom is -0.382 e. The highest BCUT2D eigenvalue weighted by Gasteiger charge is 2.36. The van der Waals surface area contributed by atoms with Crippen LogP contribution in [0.25, 0.3) is 0 Å². The van der Waals surface area contributed by atoms with E-state index >= 15 is 0 Å². The molecular formula is C18H25NO4S. The summed E-state index contributed by atoms with van der Waals surface area (Å²) in [5.74, 6) is 0.757. The predicted octanol–water partition coefficient (Wildman–Crippen LogP) is 3.10. The molecule has 0 atom stereocenters. The van der Waals surface area contributed by atoms with Gasteiger partial charge in [-0.2, -0.15) is 8.42 Å². The van der Waals surface area contributed by atoms with E-state index in [1.165, 1.54) is 0 Å². The number of nitrogens with zero attached hydrogens (tertiary/aromatic N) is 1. The molecule has 0 aromatic heterocycles. The van der Waals surface area contributed by atoms with Gasteiger partial charge in [-0.3, -0.25) is 4.79 Å². The first-order chi connectivity index (χ1) is 11.5. The Morgan fingerprint density at radius 3 is 2.29 bits per heavy atom. The lowest BCUT2D eigenvalue weighted by Gasteiger charge is -2.25. The van der Waals surface area contributed by atoms with Gasteiger partial charge < -0.3 is 9.08 Å². The number of benzene rings is 1. The first-order valence-corrected chi connectivity index (χ1v) is 10.4. The number of amides is 1. The van der Waals surface area contributed by atoms with Crippen LogP contribution in [0.1, 0.15) is 51.0 Å². The Bertz CT molecular complexity index is 673. The second-order valence-corrected chi connectivity index (χ2v) is 8.61. The number of carbonyl (C=O) groups excluding carboxylic acids is 1. The monoisotopic (exact) mass is 351 g/mol. The highest BCUT2D eigenvalue weighted by molar-refractivity contribution is 7.87. The summed E-state index contributed by atoms with van der Waals surface area (Å²) in [5.41, 5.74) is 1.01. The lowest BCUT2D eigenvalue weighted by Crippen LogP contribution is -2.36. The summed E-state index contributed by atoms with van der Waals surface area (Å²) in [7, 11) is -3.50. The lowest BCUT2D eigenvalue weighted by atomic mass is 10.1. The van der Waals surface area contributed by atoms with E-state index in [0.29, 0.717) is 24.2 Å². The molecule has 0 heterocycles. The van der Waals surface area contributed by atoms with Crippen molar-refractivity contribution in [1.82, 2.24) is 4.90 Å². The number of hydrogen-bond donors (Lipinski definition) is 0. The maximum atomic E-state index is 12.7. The Hall–Kier alpha value is -1.56. The van der Waals surface area contributed by atoms with Gasteiger partial charge in [0.05, 0.1) is 5.75 Å². The van der Waals surface area contributed by atoms with E-state index in [-0.39, 0.29) is 11.7 Å². The van der Waals surface area contributed by atoms with Crippen LogP contribution in [0, 0.1) is 5.92 Å². The summed E-state index contributed by atoms with van der Waals surface area (Å²) in [5, 5.41) is 0. The maximum Gasteiger partial charge on any atom is 0.308 e. The van der Waals surface area contributed by atoms with Crippen LogP contribution in [0.5, 0.6) is 5.75 Å². The fourth-order valence-electron chi connectivity index (χ4n) is 3.23. The summed E-state index contributed by atoms with van der Waals surface area (Å²) in [6.45, 7) is 2.15. The van der Waals surface area contributed by atoms with Gasteiger partial charge in [0, 0.05) is 18.5 Å². The standard InChI is InChI=1S/C18H25NO4S/c1-2-24(21,22)23-17-11-7-14(8-12-17)13-19(16-9-10-16)18(20)15-5-3-4-6-15/h7-8,11-12,15-16H,2-6,9-10,13H2,1H3. The molecule has 1 aromatic carbocycles. The van der Waals surface area contributed by atoms with Crippen LogP contribution in [-0.4, -0.2) is 31.0 Å². The van der Waals surface area contributed by atoms with E-state index in [4.69, 9.17) is 4.18 Å². The summed E-state index contributed by atoms with van der Waals surface area (Å²) in [6.07, 6.45) is 6.54. The van der Waals surface area contributed by atoms with Crippen LogP contribution in [0.4, 0.5) is 0 Å². The molecule has 1 aromatic rings. The molecule has 0 aliphatic heterocycles. The molecule has 2 aliphatic carbocycles. The Kier molecular flexibility index (Phi) is 5.13. The van der Waals surface area contributed by atoms with Gasteiger partial charge in [-0.25, -0.2) is 0 Å². The van der Waals surface area contributed by atoms with Crippen molar-refractivity contribution in [3.8, 4) is 5.75 Å². The van der Waals surface area contributed by atoms with Crippen molar-refractivity contribution < 1.29 is 17.4 Å². The molecule has 0 bridgehead atoms. The fourth-order valence-corrected chi connectivity index (χ4v) is 3.76. The lowest BCUT2D eigenvalue weighted by molar-refractivity contribution is -0.136. The number of carbonyl (C=O) groups is 1. The zero-order valence-electron chi connectivity index (χ0n) is 14.1. The minimum absolute atomic E-state index is 0.0555. The second-order valence-electron chi connectivity index (χ2n) is 6.75. The third-order valence-corrected chi connectivity index (χ3v) is 5.98. The largest absolute Gasteiger partial charge is 0.382 e. The van der Waals surface area contributed by atoms with Crippen molar-refractivity contribution >= 4 is 16.0 Å². The van der Waals surface area contributed by atoms with Gasteiger partial charge in [-0.05, 0) is 50.3 Å². The van der Waals surface area contributed by atoms with E-state index in [1.807, 2.05) is 17.0 Å². The normalized spacial score (nSPS) is 18.5. The highest BCUT2D eigenvalue weighted by atomic mass is 32.2. The van der Waals surface area contributed by atoms with Gasteiger partial charge in [-0.15, -0.1) is 0 Å². The zero-order chi connectivity index (χ0) is 17.2. The molecule has 6 heteroatoms. The summed E-state index contributed by atoms with van der Waals surface area (Å²) >= 11 is 0. The highest BCUT2D eigenvalue weighted by Crippen LogP contribution is 2.34. The van der Waals surface area contributed by atoms with Crippen LogP contribution in [0.3, 0.4) is 0 Å². The van der Waals surface area contributed by atoms with Gasteiger partial charge in [0.25, 0.3) is 0 Å². The molecule has 0 spiro atoms. The molecule has 5 nitrogen and oxygen atoms in total. The van der Waals surface area contributed by atoms with Gasteiger partial charge >= 0.3 is 10.1 Å². The van der Waals surface area contributed by atoms with E-state index in [0.717, 1.165) is 44.1 Å². The first kappa shape index (κ1) is 17.3. The molecule has 0 unspecified atom stereocenters. The summed E-state index contributed by atoms with van der Waals surface area (Å²) < 4.78 is 28.0. The molecule has 1 amide bonds. The summed E-state index contributed by atoms with van der Waals surface area (Å²) in [6, 6.07) is 7.39. The third-order valence-electron chi connectivity index (χ3n) is 4.83.